The molecule has 0 spiro atoms. The summed E-state index contributed by atoms with van der Waals surface area (Å²) in [7, 11) is 0. The molecule has 1 atom stereocenters. The number of amides is 3. The zero-order chi connectivity index (χ0) is 19.2. The molecule has 0 radical (unpaired) electrons. The summed E-state index contributed by atoms with van der Waals surface area (Å²) < 4.78 is 10.6. The van der Waals surface area contributed by atoms with Crippen molar-refractivity contribution in [3.8, 4) is 11.5 Å². The molecule has 8 heteroatoms. The molecule has 1 aromatic heterocycles. The van der Waals surface area contributed by atoms with Gasteiger partial charge in [0.25, 0.3) is 5.91 Å². The van der Waals surface area contributed by atoms with E-state index in [2.05, 4.69) is 5.32 Å². The maximum atomic E-state index is 12.9. The second kappa shape index (κ2) is 6.38. The first-order chi connectivity index (χ1) is 12.9. The van der Waals surface area contributed by atoms with Crippen molar-refractivity contribution >= 4 is 29.1 Å². The van der Waals surface area contributed by atoms with Crippen LogP contribution in [-0.4, -0.2) is 41.5 Å². The summed E-state index contributed by atoms with van der Waals surface area (Å²) in [5.74, 6) is 0.618. The quantitative estimate of drug-likeness (QED) is 0.630. The molecule has 27 heavy (non-hydrogen) atoms. The van der Waals surface area contributed by atoms with Crippen LogP contribution in [0.15, 0.2) is 30.3 Å². The molecule has 7 nitrogen and oxygen atoms in total. The molecule has 140 valence electrons. The van der Waals surface area contributed by atoms with Crippen molar-refractivity contribution < 1.29 is 23.9 Å². The van der Waals surface area contributed by atoms with Crippen molar-refractivity contribution in [3.05, 3.63) is 45.6 Å². The van der Waals surface area contributed by atoms with Crippen LogP contribution in [0.25, 0.3) is 0 Å². The van der Waals surface area contributed by atoms with Gasteiger partial charge in [-0.3, -0.25) is 14.5 Å². The molecule has 0 bridgehead atoms. The predicted octanol–water partition coefficient (Wildman–Crippen LogP) is 2.52. The van der Waals surface area contributed by atoms with Crippen molar-refractivity contribution in [1.29, 1.82) is 0 Å². The van der Waals surface area contributed by atoms with Crippen molar-refractivity contribution in [2.45, 2.75) is 25.8 Å². The summed E-state index contributed by atoms with van der Waals surface area (Å²) in [6.45, 7) is 3.47. The van der Waals surface area contributed by atoms with Gasteiger partial charge in [-0.1, -0.05) is 6.07 Å². The maximum Gasteiger partial charge on any atom is 0.325 e. The Labute approximate surface area is 159 Å². The van der Waals surface area contributed by atoms with Crippen LogP contribution < -0.4 is 14.8 Å². The highest BCUT2D eigenvalue weighted by Gasteiger charge is 2.48. The minimum absolute atomic E-state index is 0.170. The van der Waals surface area contributed by atoms with Crippen molar-refractivity contribution in [2.24, 2.45) is 0 Å². The zero-order valence-corrected chi connectivity index (χ0v) is 15.7. The first-order valence-electron chi connectivity index (χ1n) is 8.48. The second-order valence-corrected chi connectivity index (χ2v) is 8.14. The lowest BCUT2D eigenvalue weighted by Crippen LogP contribution is -2.46. The third-order valence-corrected chi connectivity index (χ3v) is 5.70. The number of ketones is 1. The van der Waals surface area contributed by atoms with Crippen molar-refractivity contribution in [2.75, 3.05) is 13.3 Å². The molecule has 1 fully saturated rings. The van der Waals surface area contributed by atoms with Crippen LogP contribution >= 0.6 is 11.3 Å². The van der Waals surface area contributed by atoms with Gasteiger partial charge in [-0.25, -0.2) is 4.79 Å². The van der Waals surface area contributed by atoms with Gasteiger partial charge in [0.1, 0.15) is 5.54 Å². The molecular formula is C19H18N2O5S. The smallest absolute Gasteiger partial charge is 0.325 e. The number of nitrogens with one attached hydrogen (secondary N) is 1. The summed E-state index contributed by atoms with van der Waals surface area (Å²) in [5.41, 5.74) is -0.284. The van der Waals surface area contributed by atoms with E-state index in [0.29, 0.717) is 16.4 Å². The monoisotopic (exact) mass is 386 g/mol. The van der Waals surface area contributed by atoms with Crippen LogP contribution in [0.1, 0.15) is 27.0 Å². The molecule has 2 aliphatic heterocycles. The predicted molar refractivity (Wildman–Crippen MR) is 98.3 cm³/mol. The summed E-state index contributed by atoms with van der Waals surface area (Å²) in [6.07, 6.45) is 0.289. The first-order valence-corrected chi connectivity index (χ1v) is 9.30. The number of aryl methyl sites for hydroxylation is 1. The number of fused-ring (bicyclic) bond motifs is 1. The summed E-state index contributed by atoms with van der Waals surface area (Å²) in [4.78, 5) is 40.2. The third-order valence-electron chi connectivity index (χ3n) is 4.66. The molecule has 1 aromatic carbocycles. The molecule has 1 saturated heterocycles. The number of nitrogens with zero attached hydrogens (tertiary/aromatic N) is 1. The molecular weight excluding hydrogens is 368 g/mol. The highest BCUT2D eigenvalue weighted by molar-refractivity contribution is 7.14. The second-order valence-electron chi connectivity index (χ2n) is 6.85. The van der Waals surface area contributed by atoms with E-state index in [4.69, 9.17) is 9.47 Å². The Bertz CT molecular complexity index is 953. The largest absolute Gasteiger partial charge is 0.454 e. The molecule has 3 amide bonds. The number of Topliss-reactive ketones (excluding diaryl/α,β-unsaturated/α-hetero) is 1. The average molecular weight is 386 g/mol. The van der Waals surface area contributed by atoms with Gasteiger partial charge in [-0.2, -0.15) is 0 Å². The number of carbonyl (C=O) groups excluding carboxylic acids is 3. The molecule has 0 saturated carbocycles. The lowest BCUT2D eigenvalue weighted by Gasteiger charge is -2.21. The molecule has 2 aliphatic rings. The first kappa shape index (κ1) is 17.5. The number of hydrogen-bond acceptors (Lipinski definition) is 6. The van der Waals surface area contributed by atoms with Crippen molar-refractivity contribution in [3.63, 3.8) is 0 Å². The number of urea groups is 1. The van der Waals surface area contributed by atoms with Gasteiger partial charge >= 0.3 is 6.03 Å². The van der Waals surface area contributed by atoms with E-state index >= 15 is 0 Å². The van der Waals surface area contributed by atoms with Crippen LogP contribution in [0.3, 0.4) is 0 Å². The fraction of sp³-hybridized carbons (Fsp3) is 0.316. The van der Waals surface area contributed by atoms with E-state index in [-0.39, 0.29) is 25.5 Å². The molecule has 4 rings (SSSR count). The van der Waals surface area contributed by atoms with E-state index in [1.165, 1.54) is 11.3 Å². The van der Waals surface area contributed by atoms with Crippen LogP contribution in [0.4, 0.5) is 4.79 Å². The number of thiophene rings is 1. The molecule has 0 aliphatic carbocycles. The zero-order valence-electron chi connectivity index (χ0n) is 14.9. The van der Waals surface area contributed by atoms with Gasteiger partial charge in [0.15, 0.2) is 17.3 Å². The number of rotatable bonds is 5. The number of ether oxygens (including phenoxy) is 2. The van der Waals surface area contributed by atoms with Gasteiger partial charge in [0.2, 0.25) is 6.79 Å². The highest BCUT2D eigenvalue weighted by Crippen LogP contribution is 2.34. The Kier molecular flexibility index (Phi) is 4.15. The van der Waals surface area contributed by atoms with Crippen LogP contribution in [0, 0.1) is 6.92 Å². The van der Waals surface area contributed by atoms with Gasteiger partial charge in [0, 0.05) is 11.3 Å². The number of hydrogen-bond donors (Lipinski definition) is 1. The standard InChI is InChI=1S/C19H18N2O5S/c1-11-3-6-16(27-11)13(22)9-21-17(23)19(2,20-18(21)24)8-12-4-5-14-15(7-12)26-10-25-14/h3-7H,8-10H2,1-2H3,(H,20,24)/t19-/m0/s1. The Morgan fingerprint density at radius 3 is 2.74 bits per heavy atom. The fourth-order valence-corrected chi connectivity index (χ4v) is 4.07. The Hall–Kier alpha value is -2.87. The highest BCUT2D eigenvalue weighted by atomic mass is 32.1. The Balaban J connectivity index is 1.50. The third kappa shape index (κ3) is 3.16. The van der Waals surface area contributed by atoms with Gasteiger partial charge in [-0.15, -0.1) is 11.3 Å². The minimum Gasteiger partial charge on any atom is -0.454 e. The summed E-state index contributed by atoms with van der Waals surface area (Å²) >= 11 is 1.35. The topological polar surface area (TPSA) is 84.9 Å². The van der Waals surface area contributed by atoms with E-state index in [0.717, 1.165) is 15.3 Å². The Morgan fingerprint density at radius 2 is 2.00 bits per heavy atom. The normalized spacial score (nSPS) is 20.9. The number of benzene rings is 1. The molecule has 2 aromatic rings. The van der Waals surface area contributed by atoms with E-state index in [1.54, 1.807) is 25.1 Å². The van der Waals surface area contributed by atoms with Crippen LogP contribution in [0.5, 0.6) is 11.5 Å². The number of imide groups is 1. The lowest BCUT2D eigenvalue weighted by atomic mass is 9.92. The lowest BCUT2D eigenvalue weighted by molar-refractivity contribution is -0.130. The molecule has 0 unspecified atom stereocenters. The minimum atomic E-state index is -1.11. The van der Waals surface area contributed by atoms with Gasteiger partial charge < -0.3 is 14.8 Å². The van der Waals surface area contributed by atoms with E-state index in [1.807, 2.05) is 19.1 Å². The van der Waals surface area contributed by atoms with Crippen LogP contribution in [0.2, 0.25) is 0 Å². The fourth-order valence-electron chi connectivity index (χ4n) is 3.28. The van der Waals surface area contributed by atoms with Gasteiger partial charge in [0.05, 0.1) is 11.4 Å². The van der Waals surface area contributed by atoms with Crippen LogP contribution in [-0.2, 0) is 11.2 Å². The molecule has 3 heterocycles. The average Bonchev–Trinajstić information content (AvgIpc) is 3.30. The maximum absolute atomic E-state index is 12.9. The van der Waals surface area contributed by atoms with Gasteiger partial charge in [-0.05, 0) is 43.7 Å². The Morgan fingerprint density at radius 1 is 1.22 bits per heavy atom. The van der Waals surface area contributed by atoms with E-state index < -0.39 is 17.5 Å². The van der Waals surface area contributed by atoms with E-state index in [9.17, 15) is 14.4 Å². The number of carbonyl (C=O) groups is 3. The SMILES string of the molecule is Cc1ccc(C(=O)CN2C(=O)N[C@@](C)(Cc3ccc4c(c3)OCO4)C2=O)s1. The van der Waals surface area contributed by atoms with Crippen molar-refractivity contribution in [1.82, 2.24) is 10.2 Å². The molecule has 1 N–H and O–H groups in total. The summed E-state index contributed by atoms with van der Waals surface area (Å²) in [5, 5.41) is 2.72. The summed E-state index contributed by atoms with van der Waals surface area (Å²) in [6, 6.07) is 8.42.